The molecule has 4 nitrogen and oxygen atoms in total. The van der Waals surface area contributed by atoms with Gasteiger partial charge in [0.2, 0.25) is 0 Å². The molecule has 20 heavy (non-hydrogen) atoms. The molecule has 0 fully saturated rings. The predicted molar refractivity (Wildman–Crippen MR) is 73.9 cm³/mol. The Morgan fingerprint density at radius 3 is 2.55 bits per heavy atom. The highest BCUT2D eigenvalue weighted by atomic mass is 79.9. The summed E-state index contributed by atoms with van der Waals surface area (Å²) < 4.78 is 38.0. The molecule has 0 aliphatic rings. The van der Waals surface area contributed by atoms with Crippen LogP contribution in [0.5, 0.6) is 0 Å². The Balaban J connectivity index is 2.33. The highest BCUT2D eigenvalue weighted by Gasteiger charge is 2.30. The second kappa shape index (κ2) is 5.45. The zero-order valence-electron chi connectivity index (χ0n) is 9.67. The molecule has 1 aromatic carbocycles. The minimum atomic E-state index is -4.44. The van der Waals surface area contributed by atoms with Gasteiger partial charge in [-0.05, 0) is 34.1 Å². The van der Waals surface area contributed by atoms with Crippen LogP contribution in [0.3, 0.4) is 0 Å². The summed E-state index contributed by atoms with van der Waals surface area (Å²) in [6.07, 6.45) is -3.22. The van der Waals surface area contributed by atoms with Crippen molar-refractivity contribution in [2.75, 3.05) is 11.1 Å². The lowest BCUT2D eigenvalue weighted by molar-refractivity contribution is -0.137. The summed E-state index contributed by atoms with van der Waals surface area (Å²) in [6, 6.07) is 2.98. The number of rotatable bonds is 2. The van der Waals surface area contributed by atoms with Crippen molar-refractivity contribution >= 4 is 44.9 Å². The molecule has 0 saturated heterocycles. The van der Waals surface area contributed by atoms with Gasteiger partial charge in [-0.2, -0.15) is 13.2 Å². The van der Waals surface area contributed by atoms with Gasteiger partial charge in [0.15, 0.2) is 0 Å². The normalized spacial score (nSPS) is 11.4. The fraction of sp³-hybridized carbons (Fsp3) is 0.0909. The average Bonchev–Trinajstić information content (AvgIpc) is 2.36. The Kier molecular flexibility index (Phi) is 4.05. The smallest absolute Gasteiger partial charge is 0.383 e. The molecule has 9 heteroatoms. The van der Waals surface area contributed by atoms with Crippen molar-refractivity contribution in [3.05, 3.63) is 39.6 Å². The lowest BCUT2D eigenvalue weighted by Gasteiger charge is -2.12. The number of anilines is 3. The number of aromatic nitrogens is 2. The van der Waals surface area contributed by atoms with Crippen LogP contribution < -0.4 is 11.1 Å². The fourth-order valence-electron chi connectivity index (χ4n) is 1.39. The molecule has 0 unspecified atom stereocenters. The SMILES string of the molecule is Nc1ncnc(Nc2ccc(C(F)(F)F)cc2Cl)c1Br. The summed E-state index contributed by atoms with van der Waals surface area (Å²) >= 11 is 9.00. The number of hydrogen-bond donors (Lipinski definition) is 2. The van der Waals surface area contributed by atoms with E-state index in [0.29, 0.717) is 10.3 Å². The molecular formula is C11H7BrClF3N4. The molecular weight excluding hydrogens is 360 g/mol. The number of nitrogens with two attached hydrogens (primary N) is 1. The number of nitrogens with one attached hydrogen (secondary N) is 1. The van der Waals surface area contributed by atoms with Crippen molar-refractivity contribution in [1.82, 2.24) is 9.97 Å². The minimum absolute atomic E-state index is 0.0797. The third-order valence-electron chi connectivity index (χ3n) is 2.37. The number of halogens is 5. The number of hydrogen-bond acceptors (Lipinski definition) is 4. The van der Waals surface area contributed by atoms with Crippen LogP contribution in [0, 0.1) is 0 Å². The van der Waals surface area contributed by atoms with Gasteiger partial charge in [0.05, 0.1) is 16.3 Å². The Bertz CT molecular complexity index is 648. The van der Waals surface area contributed by atoms with Crippen LogP contribution in [-0.2, 0) is 6.18 Å². The lowest BCUT2D eigenvalue weighted by atomic mass is 10.2. The standard InChI is InChI=1S/C11H7BrClF3N4/c12-8-9(17)18-4-19-10(8)20-7-2-1-5(3-6(7)13)11(14,15)16/h1-4H,(H3,17,18,19,20). The van der Waals surface area contributed by atoms with Crippen LogP contribution in [0.2, 0.25) is 5.02 Å². The maximum Gasteiger partial charge on any atom is 0.416 e. The minimum Gasteiger partial charge on any atom is -0.383 e. The van der Waals surface area contributed by atoms with Crippen LogP contribution in [0.25, 0.3) is 0 Å². The summed E-state index contributed by atoms with van der Waals surface area (Å²) in [5.74, 6) is 0.504. The molecule has 0 atom stereocenters. The van der Waals surface area contributed by atoms with Gasteiger partial charge in [-0.1, -0.05) is 11.6 Å². The largest absolute Gasteiger partial charge is 0.416 e. The van der Waals surface area contributed by atoms with E-state index in [1.165, 1.54) is 12.4 Å². The van der Waals surface area contributed by atoms with Gasteiger partial charge < -0.3 is 11.1 Å². The average molecular weight is 368 g/mol. The summed E-state index contributed by atoms with van der Waals surface area (Å²) in [5.41, 5.74) is 5.03. The summed E-state index contributed by atoms with van der Waals surface area (Å²) in [4.78, 5) is 7.66. The third kappa shape index (κ3) is 3.13. The molecule has 106 valence electrons. The second-order valence-electron chi connectivity index (χ2n) is 3.74. The highest BCUT2D eigenvalue weighted by Crippen LogP contribution is 2.35. The van der Waals surface area contributed by atoms with Crippen LogP contribution in [0.1, 0.15) is 5.56 Å². The van der Waals surface area contributed by atoms with Gasteiger partial charge in [-0.15, -0.1) is 0 Å². The van der Waals surface area contributed by atoms with E-state index >= 15 is 0 Å². The van der Waals surface area contributed by atoms with Crippen molar-refractivity contribution in [1.29, 1.82) is 0 Å². The van der Waals surface area contributed by atoms with Crippen molar-refractivity contribution in [2.45, 2.75) is 6.18 Å². The number of alkyl halides is 3. The molecule has 1 heterocycles. The number of benzene rings is 1. The molecule has 0 radical (unpaired) electrons. The molecule has 1 aromatic heterocycles. The van der Waals surface area contributed by atoms with Crippen molar-refractivity contribution in [3.63, 3.8) is 0 Å². The van der Waals surface area contributed by atoms with E-state index in [4.69, 9.17) is 17.3 Å². The topological polar surface area (TPSA) is 63.8 Å². The first kappa shape index (κ1) is 14.9. The Morgan fingerprint density at radius 1 is 1.25 bits per heavy atom. The van der Waals surface area contributed by atoms with Gasteiger partial charge >= 0.3 is 6.18 Å². The molecule has 3 N–H and O–H groups in total. The lowest BCUT2D eigenvalue weighted by Crippen LogP contribution is -2.05. The van der Waals surface area contributed by atoms with Crippen LogP contribution in [0.4, 0.5) is 30.5 Å². The van der Waals surface area contributed by atoms with E-state index < -0.39 is 11.7 Å². The van der Waals surface area contributed by atoms with E-state index in [-0.39, 0.29) is 16.5 Å². The first-order valence-electron chi connectivity index (χ1n) is 5.19. The monoisotopic (exact) mass is 366 g/mol. The summed E-state index contributed by atoms with van der Waals surface area (Å²) in [7, 11) is 0. The molecule has 2 aromatic rings. The van der Waals surface area contributed by atoms with Gasteiger partial charge in [0, 0.05) is 0 Å². The Hall–Kier alpha value is -1.54. The molecule has 0 aliphatic carbocycles. The Labute approximate surface area is 125 Å². The van der Waals surface area contributed by atoms with Crippen molar-refractivity contribution in [2.24, 2.45) is 0 Å². The van der Waals surface area contributed by atoms with Crippen molar-refractivity contribution < 1.29 is 13.2 Å². The van der Waals surface area contributed by atoms with Crippen LogP contribution in [0.15, 0.2) is 29.0 Å². The van der Waals surface area contributed by atoms with E-state index in [0.717, 1.165) is 12.1 Å². The number of nitrogen functional groups attached to an aromatic ring is 1. The Morgan fingerprint density at radius 2 is 1.95 bits per heavy atom. The molecule has 0 amide bonds. The molecule has 0 bridgehead atoms. The fourth-order valence-corrected chi connectivity index (χ4v) is 1.92. The van der Waals surface area contributed by atoms with E-state index in [9.17, 15) is 13.2 Å². The predicted octanol–water partition coefficient (Wildman–Crippen LogP) is 4.24. The molecule has 0 aliphatic heterocycles. The van der Waals surface area contributed by atoms with Gasteiger partial charge in [-0.3, -0.25) is 0 Å². The first-order valence-corrected chi connectivity index (χ1v) is 6.36. The van der Waals surface area contributed by atoms with E-state index in [1.54, 1.807) is 0 Å². The van der Waals surface area contributed by atoms with Gasteiger partial charge in [-0.25, -0.2) is 9.97 Å². The van der Waals surface area contributed by atoms with E-state index in [2.05, 4.69) is 31.2 Å². The van der Waals surface area contributed by atoms with Crippen LogP contribution in [-0.4, -0.2) is 9.97 Å². The van der Waals surface area contributed by atoms with Gasteiger partial charge in [0.1, 0.15) is 22.4 Å². The second-order valence-corrected chi connectivity index (χ2v) is 4.94. The third-order valence-corrected chi connectivity index (χ3v) is 3.46. The maximum absolute atomic E-state index is 12.5. The quantitative estimate of drug-likeness (QED) is 0.833. The number of nitrogens with zero attached hydrogens (tertiary/aromatic N) is 2. The molecule has 2 rings (SSSR count). The maximum atomic E-state index is 12.5. The molecule has 0 saturated carbocycles. The highest BCUT2D eigenvalue weighted by molar-refractivity contribution is 9.10. The first-order chi connectivity index (χ1) is 9.29. The molecule has 0 spiro atoms. The summed E-state index contributed by atoms with van der Waals surface area (Å²) in [5, 5.41) is 2.70. The van der Waals surface area contributed by atoms with Crippen molar-refractivity contribution in [3.8, 4) is 0 Å². The zero-order valence-corrected chi connectivity index (χ0v) is 12.0. The van der Waals surface area contributed by atoms with Gasteiger partial charge in [0.25, 0.3) is 0 Å². The summed E-state index contributed by atoms with van der Waals surface area (Å²) in [6.45, 7) is 0. The zero-order chi connectivity index (χ0) is 14.9. The van der Waals surface area contributed by atoms with Crippen LogP contribution >= 0.6 is 27.5 Å². The van der Waals surface area contributed by atoms with E-state index in [1.807, 2.05) is 0 Å².